The lowest BCUT2D eigenvalue weighted by atomic mass is 9.98. The summed E-state index contributed by atoms with van der Waals surface area (Å²) < 4.78 is 45.1. The third kappa shape index (κ3) is 5.75. The number of alkyl halides is 3. The fourth-order valence-electron chi connectivity index (χ4n) is 3.61. The molecule has 1 heterocycles. The van der Waals surface area contributed by atoms with Crippen LogP contribution in [-0.4, -0.2) is 22.5 Å². The van der Waals surface area contributed by atoms with Crippen LogP contribution in [0.2, 0.25) is 0 Å². The van der Waals surface area contributed by atoms with Gasteiger partial charge in [0.1, 0.15) is 5.75 Å². The molecule has 1 aromatic heterocycles. The first-order chi connectivity index (χ1) is 17.2. The van der Waals surface area contributed by atoms with Crippen molar-refractivity contribution in [2.24, 2.45) is 0 Å². The van der Waals surface area contributed by atoms with Crippen molar-refractivity contribution in [1.82, 2.24) is 4.73 Å². The monoisotopic (exact) mass is 493 g/mol. The number of halogens is 3. The molecule has 9 heteroatoms. The number of amides is 1. The van der Waals surface area contributed by atoms with Crippen molar-refractivity contribution in [1.29, 1.82) is 5.41 Å². The molecule has 4 rings (SSSR count). The fourth-order valence-corrected chi connectivity index (χ4v) is 3.61. The third-order valence-corrected chi connectivity index (χ3v) is 5.48. The Morgan fingerprint density at radius 1 is 0.917 bits per heavy atom. The highest BCUT2D eigenvalue weighted by atomic mass is 19.4. The molecular weight excluding hydrogens is 471 g/mol. The summed E-state index contributed by atoms with van der Waals surface area (Å²) in [6, 6.07) is 22.9. The van der Waals surface area contributed by atoms with Gasteiger partial charge in [-0.25, -0.2) is 0 Å². The van der Waals surface area contributed by atoms with Gasteiger partial charge in [0.2, 0.25) is 0 Å². The van der Waals surface area contributed by atoms with Crippen molar-refractivity contribution < 1.29 is 27.9 Å². The van der Waals surface area contributed by atoms with Crippen LogP contribution in [0.1, 0.15) is 21.6 Å². The quantitative estimate of drug-likeness (QED) is 0.286. The number of carbonyl (C=O) groups is 1. The molecule has 0 aliphatic carbocycles. The topological polar surface area (TPSA) is 87.3 Å². The zero-order valence-corrected chi connectivity index (χ0v) is 18.9. The van der Waals surface area contributed by atoms with Crippen LogP contribution in [0.5, 0.6) is 5.75 Å². The largest absolute Gasteiger partial charge is 0.493 e. The Hall–Kier alpha value is -4.53. The number of aromatic nitrogens is 1. The predicted octanol–water partition coefficient (Wildman–Crippen LogP) is 5.76. The van der Waals surface area contributed by atoms with Gasteiger partial charge in [0.15, 0.2) is 5.49 Å². The summed E-state index contributed by atoms with van der Waals surface area (Å²) in [6.07, 6.45) is -4.04. The highest BCUT2D eigenvalue weighted by Crippen LogP contribution is 2.32. The second kappa shape index (κ2) is 10.4. The number of hydrogen-bond donors (Lipinski definition) is 3. The lowest BCUT2D eigenvalue weighted by molar-refractivity contribution is -0.137. The molecule has 0 aliphatic rings. The van der Waals surface area contributed by atoms with Crippen LogP contribution in [-0.2, 0) is 12.6 Å². The molecule has 184 valence electrons. The number of carbonyl (C=O) groups excluding carboxylic acids is 1. The Morgan fingerprint density at radius 3 is 2.31 bits per heavy atom. The second-order valence-corrected chi connectivity index (χ2v) is 7.91. The van der Waals surface area contributed by atoms with Crippen molar-refractivity contribution in [3.63, 3.8) is 0 Å². The molecule has 0 unspecified atom stereocenters. The molecule has 0 saturated heterocycles. The molecule has 4 aromatic rings. The van der Waals surface area contributed by atoms with Gasteiger partial charge in [-0.05, 0) is 65.7 Å². The average molecular weight is 493 g/mol. The van der Waals surface area contributed by atoms with Crippen LogP contribution in [0.15, 0.2) is 91.0 Å². The average Bonchev–Trinajstić information content (AvgIpc) is 2.87. The Bertz CT molecular complexity index is 1410. The van der Waals surface area contributed by atoms with Crippen molar-refractivity contribution in [2.75, 3.05) is 11.9 Å². The van der Waals surface area contributed by atoms with Gasteiger partial charge in [-0.3, -0.25) is 10.2 Å². The van der Waals surface area contributed by atoms with E-state index in [1.807, 2.05) is 0 Å². The number of rotatable bonds is 7. The summed E-state index contributed by atoms with van der Waals surface area (Å²) in [5, 5.41) is 20.2. The molecule has 0 atom stereocenters. The number of benzene rings is 3. The van der Waals surface area contributed by atoms with Crippen LogP contribution in [0.4, 0.5) is 18.9 Å². The van der Waals surface area contributed by atoms with E-state index in [0.717, 1.165) is 16.9 Å². The minimum atomic E-state index is -4.43. The van der Waals surface area contributed by atoms with E-state index in [1.165, 1.54) is 18.2 Å². The maximum absolute atomic E-state index is 12.9. The number of ether oxygens (including phenoxy) is 1. The standard InChI is InChI=1S/C27H22F3N3O3/c28-27(29,30)19-10-8-18(9-11-19)23-5-1-2-6-24(23)26(34)32-20-12-14-22(15-13-20)36-17-16-21-4-3-7-25(31)33(21)35/h1-15,31,35H,16-17H2,(H,32,34). The Kier molecular flexibility index (Phi) is 7.10. The van der Waals surface area contributed by atoms with Gasteiger partial charge in [0.05, 0.1) is 17.9 Å². The van der Waals surface area contributed by atoms with E-state index in [-0.39, 0.29) is 12.1 Å². The van der Waals surface area contributed by atoms with E-state index in [1.54, 1.807) is 60.7 Å². The molecule has 0 saturated carbocycles. The Morgan fingerprint density at radius 2 is 1.61 bits per heavy atom. The van der Waals surface area contributed by atoms with E-state index in [2.05, 4.69) is 5.32 Å². The normalized spacial score (nSPS) is 11.2. The van der Waals surface area contributed by atoms with E-state index in [9.17, 15) is 23.2 Å². The van der Waals surface area contributed by atoms with E-state index >= 15 is 0 Å². The molecule has 1 amide bonds. The molecule has 0 fully saturated rings. The number of pyridine rings is 1. The van der Waals surface area contributed by atoms with Crippen LogP contribution in [0.3, 0.4) is 0 Å². The lowest BCUT2D eigenvalue weighted by Crippen LogP contribution is -2.21. The molecule has 0 aliphatic heterocycles. The summed E-state index contributed by atoms with van der Waals surface area (Å²) in [7, 11) is 0. The number of nitrogens with one attached hydrogen (secondary N) is 2. The maximum atomic E-state index is 12.9. The molecule has 0 radical (unpaired) electrons. The number of nitrogens with zero attached hydrogens (tertiary/aromatic N) is 1. The predicted molar refractivity (Wildman–Crippen MR) is 128 cm³/mol. The van der Waals surface area contributed by atoms with Gasteiger partial charge in [0, 0.05) is 17.7 Å². The highest BCUT2D eigenvalue weighted by molar-refractivity contribution is 6.08. The minimum Gasteiger partial charge on any atom is -0.493 e. The van der Waals surface area contributed by atoms with Gasteiger partial charge in [-0.15, -0.1) is 0 Å². The van der Waals surface area contributed by atoms with Crippen molar-refractivity contribution >= 4 is 11.6 Å². The van der Waals surface area contributed by atoms with Crippen molar-refractivity contribution in [3.05, 3.63) is 113 Å². The molecule has 0 bridgehead atoms. The van der Waals surface area contributed by atoms with Crippen LogP contribution in [0.25, 0.3) is 11.1 Å². The van der Waals surface area contributed by atoms with Gasteiger partial charge in [-0.1, -0.05) is 36.4 Å². The minimum absolute atomic E-state index is 0.0208. The van der Waals surface area contributed by atoms with E-state index < -0.39 is 17.6 Å². The first kappa shape index (κ1) is 24.6. The molecule has 6 nitrogen and oxygen atoms in total. The summed E-state index contributed by atoms with van der Waals surface area (Å²) in [5.41, 5.74) is 1.62. The van der Waals surface area contributed by atoms with Gasteiger partial charge in [-0.2, -0.15) is 17.9 Å². The van der Waals surface area contributed by atoms with Gasteiger partial charge >= 0.3 is 6.18 Å². The van der Waals surface area contributed by atoms with Crippen LogP contribution >= 0.6 is 0 Å². The molecule has 36 heavy (non-hydrogen) atoms. The van der Waals surface area contributed by atoms with Crippen LogP contribution in [0, 0.1) is 5.41 Å². The molecule has 3 aromatic carbocycles. The summed E-state index contributed by atoms with van der Waals surface area (Å²) >= 11 is 0. The van der Waals surface area contributed by atoms with Crippen molar-refractivity contribution in [3.8, 4) is 16.9 Å². The Balaban J connectivity index is 1.41. The van der Waals surface area contributed by atoms with Gasteiger partial charge in [0.25, 0.3) is 5.91 Å². The van der Waals surface area contributed by atoms with E-state index in [4.69, 9.17) is 10.1 Å². The van der Waals surface area contributed by atoms with Gasteiger partial charge < -0.3 is 15.3 Å². The fraction of sp³-hybridized carbons (Fsp3) is 0.111. The van der Waals surface area contributed by atoms with Crippen LogP contribution < -0.4 is 15.5 Å². The first-order valence-corrected chi connectivity index (χ1v) is 11.0. The van der Waals surface area contributed by atoms with Crippen molar-refractivity contribution in [2.45, 2.75) is 12.6 Å². The SMILES string of the molecule is N=c1cccc(CCOc2ccc(NC(=O)c3ccccc3-c3ccc(C(F)(F)F)cc3)cc2)n1O. The molecule has 0 spiro atoms. The number of anilines is 1. The van der Waals surface area contributed by atoms with E-state index in [0.29, 0.717) is 40.2 Å². The second-order valence-electron chi connectivity index (χ2n) is 7.91. The Labute approximate surface area is 204 Å². The summed E-state index contributed by atoms with van der Waals surface area (Å²) in [6.45, 7) is 0.274. The smallest absolute Gasteiger partial charge is 0.416 e. The maximum Gasteiger partial charge on any atom is 0.416 e. The molecular formula is C27H22F3N3O3. The first-order valence-electron chi connectivity index (χ1n) is 11.0. The lowest BCUT2D eigenvalue weighted by Gasteiger charge is -2.13. The zero-order valence-electron chi connectivity index (χ0n) is 18.9. The third-order valence-electron chi connectivity index (χ3n) is 5.48. The highest BCUT2D eigenvalue weighted by Gasteiger charge is 2.30. The summed E-state index contributed by atoms with van der Waals surface area (Å²) in [4.78, 5) is 12.9. The zero-order chi connectivity index (χ0) is 25.7. The molecule has 3 N–H and O–H groups in total. The summed E-state index contributed by atoms with van der Waals surface area (Å²) in [5.74, 6) is 0.159. The number of hydrogen-bond acceptors (Lipinski definition) is 4.